The lowest BCUT2D eigenvalue weighted by molar-refractivity contribution is -0.147. The van der Waals surface area contributed by atoms with Crippen LogP contribution in [0.15, 0.2) is 48.5 Å². The lowest BCUT2D eigenvalue weighted by Gasteiger charge is -2.44. The van der Waals surface area contributed by atoms with E-state index in [9.17, 15) is 14.4 Å². The lowest BCUT2D eigenvalue weighted by atomic mass is 9.92. The molecule has 0 fully saturated rings. The van der Waals surface area contributed by atoms with E-state index in [-0.39, 0.29) is 5.91 Å². The highest BCUT2D eigenvalue weighted by Gasteiger charge is 2.42. The van der Waals surface area contributed by atoms with Gasteiger partial charge in [0.25, 0.3) is 5.91 Å². The number of ether oxygens (including phenoxy) is 2. The largest absolute Gasteiger partial charge is 0.497 e. The van der Waals surface area contributed by atoms with E-state index in [0.29, 0.717) is 23.4 Å². The van der Waals surface area contributed by atoms with Crippen molar-refractivity contribution in [2.45, 2.75) is 85.0 Å². The van der Waals surface area contributed by atoms with Crippen molar-refractivity contribution in [1.29, 1.82) is 0 Å². The number of amides is 3. The number of alkyl carbamates (subject to hydrolysis) is 1. The van der Waals surface area contributed by atoms with Gasteiger partial charge in [0, 0.05) is 11.2 Å². The summed E-state index contributed by atoms with van der Waals surface area (Å²) in [5.41, 5.74) is 0.845. The van der Waals surface area contributed by atoms with Gasteiger partial charge in [0.1, 0.15) is 23.4 Å². The van der Waals surface area contributed by atoms with Crippen LogP contribution in [0.3, 0.4) is 0 Å². The average Bonchev–Trinajstić information content (AvgIpc) is 2.81. The van der Waals surface area contributed by atoms with Gasteiger partial charge >= 0.3 is 6.09 Å². The molecular weight excluding hydrogens is 470 g/mol. The second-order valence-electron chi connectivity index (χ2n) is 10.8. The Morgan fingerprint density at radius 3 is 2.00 bits per heavy atom. The van der Waals surface area contributed by atoms with Crippen LogP contribution in [0, 0.1) is 6.92 Å². The maximum absolute atomic E-state index is 13.9. The zero-order valence-corrected chi connectivity index (χ0v) is 23.5. The molecule has 2 atom stereocenters. The van der Waals surface area contributed by atoms with Gasteiger partial charge in [-0.15, -0.1) is 0 Å². The van der Waals surface area contributed by atoms with Gasteiger partial charge in [-0.25, -0.2) is 4.79 Å². The number of nitrogens with zero attached hydrogens (tertiary/aromatic N) is 1. The highest BCUT2D eigenvalue weighted by atomic mass is 16.6. The maximum atomic E-state index is 13.9. The Morgan fingerprint density at radius 2 is 1.51 bits per heavy atom. The number of nitrogens with one attached hydrogen (secondary N) is 2. The first-order valence-corrected chi connectivity index (χ1v) is 12.5. The molecular formula is C29H41N3O5. The van der Waals surface area contributed by atoms with E-state index in [2.05, 4.69) is 10.6 Å². The van der Waals surface area contributed by atoms with Gasteiger partial charge in [-0.05, 0) is 84.7 Å². The molecule has 0 aliphatic rings. The zero-order valence-electron chi connectivity index (χ0n) is 23.5. The number of anilines is 1. The summed E-state index contributed by atoms with van der Waals surface area (Å²) in [4.78, 5) is 41.8. The summed E-state index contributed by atoms with van der Waals surface area (Å²) in [5.74, 6) is -0.0967. The van der Waals surface area contributed by atoms with Crippen molar-refractivity contribution in [1.82, 2.24) is 10.2 Å². The molecule has 2 rings (SSSR count). The van der Waals surface area contributed by atoms with Crippen molar-refractivity contribution in [3.05, 3.63) is 59.7 Å². The molecule has 8 nitrogen and oxygen atoms in total. The Balaban J connectivity index is 2.50. The summed E-state index contributed by atoms with van der Waals surface area (Å²) in [6, 6.07) is 12.6. The monoisotopic (exact) mass is 511 g/mol. The molecule has 37 heavy (non-hydrogen) atoms. The average molecular weight is 512 g/mol. The molecule has 0 saturated heterocycles. The van der Waals surface area contributed by atoms with Crippen LogP contribution in [0.2, 0.25) is 0 Å². The number of carbonyl (C=O) groups is 3. The van der Waals surface area contributed by atoms with Crippen molar-refractivity contribution in [2.24, 2.45) is 0 Å². The molecule has 0 aromatic heterocycles. The predicted molar refractivity (Wildman–Crippen MR) is 146 cm³/mol. The normalized spacial score (nSPS) is 13.2. The molecule has 0 bridgehead atoms. The van der Waals surface area contributed by atoms with Crippen LogP contribution >= 0.6 is 0 Å². The summed E-state index contributed by atoms with van der Waals surface area (Å²) in [7, 11) is 1.57. The Hall–Kier alpha value is -3.55. The van der Waals surface area contributed by atoms with Crippen molar-refractivity contribution >= 4 is 23.6 Å². The Bertz CT molecular complexity index is 1070. The number of methoxy groups -OCH3 is 1. The van der Waals surface area contributed by atoms with Crippen LogP contribution in [0.4, 0.5) is 10.5 Å². The minimum atomic E-state index is -0.951. The summed E-state index contributed by atoms with van der Waals surface area (Å²) in [5, 5.41) is 5.58. The van der Waals surface area contributed by atoms with E-state index in [1.165, 1.54) is 0 Å². The van der Waals surface area contributed by atoms with Crippen LogP contribution in [0.5, 0.6) is 5.75 Å². The number of rotatable bonds is 9. The van der Waals surface area contributed by atoms with E-state index < -0.39 is 35.2 Å². The van der Waals surface area contributed by atoms with Crippen LogP contribution in [0.1, 0.15) is 72.1 Å². The third kappa shape index (κ3) is 8.23. The number of benzene rings is 2. The Kier molecular flexibility index (Phi) is 9.73. The fourth-order valence-electron chi connectivity index (χ4n) is 3.75. The van der Waals surface area contributed by atoms with Gasteiger partial charge in [-0.1, -0.05) is 36.8 Å². The topological polar surface area (TPSA) is 97.0 Å². The first-order valence-electron chi connectivity index (χ1n) is 12.5. The molecule has 2 unspecified atom stereocenters. The first kappa shape index (κ1) is 29.7. The molecule has 202 valence electrons. The SMILES string of the molecule is CCC(C)(C)N(C(=O)C(C)NC(=O)OC(C)(C)C)C(C(=O)Nc1ccc(OC)cc1)c1ccc(C)cc1. The van der Waals surface area contributed by atoms with Crippen LogP contribution in [-0.2, 0) is 14.3 Å². The summed E-state index contributed by atoms with van der Waals surface area (Å²) in [6.45, 7) is 14.6. The molecule has 3 amide bonds. The highest BCUT2D eigenvalue weighted by molar-refractivity contribution is 5.99. The van der Waals surface area contributed by atoms with E-state index >= 15 is 0 Å². The fourth-order valence-corrected chi connectivity index (χ4v) is 3.75. The van der Waals surface area contributed by atoms with Crippen LogP contribution in [-0.4, -0.2) is 47.1 Å². The molecule has 2 N–H and O–H groups in total. The molecule has 0 radical (unpaired) electrons. The minimum Gasteiger partial charge on any atom is -0.497 e. The zero-order chi connectivity index (χ0) is 28.0. The molecule has 8 heteroatoms. The third-order valence-electron chi connectivity index (χ3n) is 6.12. The van der Waals surface area contributed by atoms with E-state index in [1.807, 2.05) is 52.0 Å². The van der Waals surface area contributed by atoms with E-state index in [4.69, 9.17) is 9.47 Å². The summed E-state index contributed by atoms with van der Waals surface area (Å²) < 4.78 is 10.6. The van der Waals surface area contributed by atoms with Crippen molar-refractivity contribution < 1.29 is 23.9 Å². The molecule has 0 aliphatic heterocycles. The number of hydrogen-bond donors (Lipinski definition) is 2. The van der Waals surface area contributed by atoms with E-state index in [1.54, 1.807) is 64.0 Å². The second-order valence-corrected chi connectivity index (χ2v) is 10.8. The number of carbonyl (C=O) groups excluding carboxylic acids is 3. The number of aryl methyl sites for hydroxylation is 1. The van der Waals surface area contributed by atoms with Crippen molar-refractivity contribution in [2.75, 3.05) is 12.4 Å². The lowest BCUT2D eigenvalue weighted by Crippen LogP contribution is -2.58. The molecule has 2 aromatic rings. The summed E-state index contributed by atoms with van der Waals surface area (Å²) in [6.07, 6.45) is -0.118. The Morgan fingerprint density at radius 1 is 0.946 bits per heavy atom. The fraction of sp³-hybridized carbons (Fsp3) is 0.483. The van der Waals surface area contributed by atoms with E-state index in [0.717, 1.165) is 5.56 Å². The molecule has 2 aromatic carbocycles. The van der Waals surface area contributed by atoms with Gasteiger partial charge in [0.15, 0.2) is 0 Å². The maximum Gasteiger partial charge on any atom is 0.408 e. The summed E-state index contributed by atoms with van der Waals surface area (Å²) >= 11 is 0. The van der Waals surface area contributed by atoms with Crippen molar-refractivity contribution in [3.63, 3.8) is 0 Å². The highest BCUT2D eigenvalue weighted by Crippen LogP contribution is 2.33. The van der Waals surface area contributed by atoms with Gasteiger partial charge < -0.3 is 25.0 Å². The van der Waals surface area contributed by atoms with Crippen LogP contribution in [0.25, 0.3) is 0 Å². The molecule has 0 aliphatic carbocycles. The predicted octanol–water partition coefficient (Wildman–Crippen LogP) is 5.61. The first-order chi connectivity index (χ1) is 17.2. The molecule has 0 saturated carbocycles. The van der Waals surface area contributed by atoms with Crippen molar-refractivity contribution in [3.8, 4) is 5.75 Å². The second kappa shape index (κ2) is 12.1. The van der Waals surface area contributed by atoms with Gasteiger partial charge in [-0.3, -0.25) is 9.59 Å². The van der Waals surface area contributed by atoms with Gasteiger partial charge in [0.2, 0.25) is 5.91 Å². The smallest absolute Gasteiger partial charge is 0.408 e. The van der Waals surface area contributed by atoms with Crippen LogP contribution < -0.4 is 15.4 Å². The quantitative estimate of drug-likeness (QED) is 0.456. The van der Waals surface area contributed by atoms with Gasteiger partial charge in [-0.2, -0.15) is 0 Å². The Labute approximate surface area is 220 Å². The molecule has 0 heterocycles. The minimum absolute atomic E-state index is 0.367. The molecule has 0 spiro atoms. The number of hydrogen-bond acceptors (Lipinski definition) is 5. The standard InChI is InChI=1S/C29H41N3O5/c1-10-29(7,8)32(26(34)20(3)30-27(35)37-28(4,5)6)24(21-13-11-19(2)12-14-21)25(33)31-22-15-17-23(36-9)18-16-22/h11-18,20,24H,10H2,1-9H3,(H,30,35)(H,31,33). The van der Waals surface area contributed by atoms with Gasteiger partial charge in [0.05, 0.1) is 7.11 Å². The third-order valence-corrected chi connectivity index (χ3v) is 6.12.